The molecule has 0 bridgehead atoms. The van der Waals surface area contributed by atoms with Gasteiger partial charge in [0.1, 0.15) is 0 Å². The standard InChI is InChI=1S/C24H42O8/c1-6-7-8-10-13-16-23(2,21(29)31-4)24(3,22(30)32-5)17-14-11-9-12-15-18(19(25)26)20(27)28/h18H,6-17H2,1-5H3,(H,25,26)(H,27,28). The van der Waals surface area contributed by atoms with Crippen molar-refractivity contribution in [2.45, 2.75) is 97.8 Å². The van der Waals surface area contributed by atoms with Crippen LogP contribution in [0.3, 0.4) is 0 Å². The first kappa shape index (κ1) is 29.9. The van der Waals surface area contributed by atoms with E-state index in [4.69, 9.17) is 19.7 Å². The van der Waals surface area contributed by atoms with E-state index in [0.717, 1.165) is 32.1 Å². The zero-order chi connectivity index (χ0) is 24.8. The van der Waals surface area contributed by atoms with Gasteiger partial charge in [0.25, 0.3) is 0 Å². The van der Waals surface area contributed by atoms with Gasteiger partial charge in [0.15, 0.2) is 5.92 Å². The predicted octanol–water partition coefficient (Wildman–Crippen LogP) is 4.83. The number of carbonyl (C=O) groups is 4. The Bertz CT molecular complexity index is 603. The lowest BCUT2D eigenvalue weighted by Crippen LogP contribution is -2.50. The van der Waals surface area contributed by atoms with Crippen LogP contribution < -0.4 is 0 Å². The summed E-state index contributed by atoms with van der Waals surface area (Å²) in [5, 5.41) is 17.9. The van der Waals surface area contributed by atoms with Gasteiger partial charge in [0.2, 0.25) is 0 Å². The van der Waals surface area contributed by atoms with Crippen molar-refractivity contribution in [3.05, 3.63) is 0 Å². The minimum Gasteiger partial charge on any atom is -0.481 e. The Morgan fingerprint density at radius 1 is 0.688 bits per heavy atom. The summed E-state index contributed by atoms with van der Waals surface area (Å²) in [6.45, 7) is 5.67. The Morgan fingerprint density at radius 3 is 1.41 bits per heavy atom. The molecule has 0 saturated heterocycles. The number of hydrogen-bond donors (Lipinski definition) is 2. The summed E-state index contributed by atoms with van der Waals surface area (Å²) in [6, 6.07) is 0. The number of esters is 2. The highest BCUT2D eigenvalue weighted by Crippen LogP contribution is 2.48. The molecule has 2 unspecified atom stereocenters. The molecule has 0 aliphatic heterocycles. The zero-order valence-corrected chi connectivity index (χ0v) is 20.4. The molecule has 8 heteroatoms. The molecule has 0 aliphatic rings. The number of carbonyl (C=O) groups excluding carboxylic acids is 2. The number of methoxy groups -OCH3 is 2. The van der Waals surface area contributed by atoms with Crippen LogP contribution in [-0.2, 0) is 28.7 Å². The van der Waals surface area contributed by atoms with Crippen LogP contribution in [0.2, 0.25) is 0 Å². The Morgan fingerprint density at radius 2 is 1.06 bits per heavy atom. The zero-order valence-electron chi connectivity index (χ0n) is 20.4. The number of hydrogen-bond acceptors (Lipinski definition) is 6. The summed E-state index contributed by atoms with van der Waals surface area (Å²) in [4.78, 5) is 47.6. The van der Waals surface area contributed by atoms with E-state index >= 15 is 0 Å². The average Bonchev–Trinajstić information content (AvgIpc) is 2.75. The van der Waals surface area contributed by atoms with E-state index in [-0.39, 0.29) is 6.42 Å². The van der Waals surface area contributed by atoms with Crippen molar-refractivity contribution in [1.29, 1.82) is 0 Å². The highest BCUT2D eigenvalue weighted by Gasteiger charge is 2.55. The van der Waals surface area contributed by atoms with E-state index < -0.39 is 40.6 Å². The van der Waals surface area contributed by atoms with Crippen molar-refractivity contribution in [2.24, 2.45) is 16.7 Å². The Kier molecular flexibility index (Phi) is 13.9. The fraction of sp³-hybridized carbons (Fsp3) is 0.833. The summed E-state index contributed by atoms with van der Waals surface area (Å²) in [5.74, 6) is -4.93. The first-order chi connectivity index (χ1) is 15.0. The molecule has 186 valence electrons. The molecule has 8 nitrogen and oxygen atoms in total. The van der Waals surface area contributed by atoms with Crippen molar-refractivity contribution in [3.63, 3.8) is 0 Å². The number of carboxylic acid groups (broad SMARTS) is 2. The molecule has 2 N–H and O–H groups in total. The molecule has 0 rings (SSSR count). The quantitative estimate of drug-likeness (QED) is 0.170. The first-order valence-corrected chi connectivity index (χ1v) is 11.6. The number of ether oxygens (including phenoxy) is 2. The topological polar surface area (TPSA) is 127 Å². The summed E-state index contributed by atoms with van der Waals surface area (Å²) < 4.78 is 10.2. The van der Waals surface area contributed by atoms with Gasteiger partial charge >= 0.3 is 23.9 Å². The molecule has 0 aromatic heterocycles. The minimum absolute atomic E-state index is 0.0660. The van der Waals surface area contributed by atoms with E-state index in [0.29, 0.717) is 38.5 Å². The van der Waals surface area contributed by atoms with Crippen molar-refractivity contribution >= 4 is 23.9 Å². The maximum absolute atomic E-state index is 12.8. The highest BCUT2D eigenvalue weighted by molar-refractivity contribution is 5.92. The smallest absolute Gasteiger partial charge is 0.317 e. The normalized spacial score (nSPS) is 14.9. The molecule has 0 heterocycles. The summed E-state index contributed by atoms with van der Waals surface area (Å²) in [6.07, 6.45) is 8.54. The first-order valence-electron chi connectivity index (χ1n) is 11.6. The number of unbranched alkanes of at least 4 members (excludes halogenated alkanes) is 7. The Hall–Kier alpha value is -2.12. The largest absolute Gasteiger partial charge is 0.481 e. The van der Waals surface area contributed by atoms with Crippen molar-refractivity contribution in [3.8, 4) is 0 Å². The molecule has 0 aromatic rings. The number of rotatable bonds is 18. The van der Waals surface area contributed by atoms with Gasteiger partial charge in [-0.15, -0.1) is 0 Å². The van der Waals surface area contributed by atoms with Crippen LogP contribution in [0, 0.1) is 16.7 Å². The van der Waals surface area contributed by atoms with Crippen LogP contribution in [0.1, 0.15) is 97.8 Å². The monoisotopic (exact) mass is 458 g/mol. The second-order valence-corrected chi connectivity index (χ2v) is 8.99. The molecule has 2 atom stereocenters. The van der Waals surface area contributed by atoms with Crippen LogP contribution >= 0.6 is 0 Å². The molecule has 0 radical (unpaired) electrons. The lowest BCUT2D eigenvalue weighted by atomic mass is 9.60. The molecule has 0 aromatic carbocycles. The second-order valence-electron chi connectivity index (χ2n) is 8.99. The third kappa shape index (κ3) is 8.43. The van der Waals surface area contributed by atoms with Gasteiger partial charge in [-0.1, -0.05) is 64.7 Å². The SMILES string of the molecule is CCCCCCCC(C)(C(=O)OC)C(C)(CCCCCCC(C(=O)O)C(=O)O)C(=O)OC. The second kappa shape index (κ2) is 14.9. The molecular weight excluding hydrogens is 416 g/mol. The Labute approximate surface area is 192 Å². The van der Waals surface area contributed by atoms with Crippen molar-refractivity contribution < 1.29 is 38.9 Å². The molecule has 0 amide bonds. The Balaban J connectivity index is 5.13. The third-order valence-corrected chi connectivity index (χ3v) is 6.79. The molecule has 0 spiro atoms. The van der Waals surface area contributed by atoms with Crippen LogP contribution in [0.25, 0.3) is 0 Å². The molecule has 0 saturated carbocycles. The van der Waals surface area contributed by atoms with Gasteiger partial charge in [-0.2, -0.15) is 0 Å². The predicted molar refractivity (Wildman–Crippen MR) is 120 cm³/mol. The van der Waals surface area contributed by atoms with E-state index in [1.165, 1.54) is 14.2 Å². The van der Waals surface area contributed by atoms with Crippen LogP contribution in [0.15, 0.2) is 0 Å². The van der Waals surface area contributed by atoms with Gasteiger partial charge in [0.05, 0.1) is 25.0 Å². The highest BCUT2D eigenvalue weighted by atomic mass is 16.5. The van der Waals surface area contributed by atoms with Gasteiger partial charge in [-0.05, 0) is 33.1 Å². The van der Waals surface area contributed by atoms with E-state index in [2.05, 4.69) is 6.92 Å². The van der Waals surface area contributed by atoms with Crippen LogP contribution in [-0.4, -0.2) is 48.3 Å². The van der Waals surface area contributed by atoms with Crippen LogP contribution in [0.5, 0.6) is 0 Å². The molecule has 0 fully saturated rings. The maximum atomic E-state index is 12.8. The fourth-order valence-corrected chi connectivity index (χ4v) is 4.27. The van der Waals surface area contributed by atoms with Gasteiger partial charge in [0, 0.05) is 0 Å². The number of aliphatic carboxylic acids is 2. The summed E-state index contributed by atoms with van der Waals surface area (Å²) in [5.41, 5.74) is -2.09. The van der Waals surface area contributed by atoms with Gasteiger partial charge in [-0.25, -0.2) is 0 Å². The molecular formula is C24H42O8. The van der Waals surface area contributed by atoms with Crippen molar-refractivity contribution in [1.82, 2.24) is 0 Å². The third-order valence-electron chi connectivity index (χ3n) is 6.79. The summed E-state index contributed by atoms with van der Waals surface area (Å²) in [7, 11) is 2.65. The minimum atomic E-state index is -1.40. The average molecular weight is 459 g/mol. The lowest BCUT2D eigenvalue weighted by Gasteiger charge is -2.42. The summed E-state index contributed by atoms with van der Waals surface area (Å²) >= 11 is 0. The van der Waals surface area contributed by atoms with Crippen LogP contribution in [0.4, 0.5) is 0 Å². The van der Waals surface area contributed by atoms with E-state index in [1.54, 1.807) is 13.8 Å². The maximum Gasteiger partial charge on any atom is 0.317 e. The van der Waals surface area contributed by atoms with Gasteiger partial charge < -0.3 is 19.7 Å². The molecule has 32 heavy (non-hydrogen) atoms. The lowest BCUT2D eigenvalue weighted by molar-refractivity contribution is -0.177. The number of carboxylic acids is 2. The van der Waals surface area contributed by atoms with Gasteiger partial charge in [-0.3, -0.25) is 19.2 Å². The van der Waals surface area contributed by atoms with E-state index in [9.17, 15) is 19.2 Å². The van der Waals surface area contributed by atoms with Crippen molar-refractivity contribution in [2.75, 3.05) is 14.2 Å². The van der Waals surface area contributed by atoms with E-state index in [1.807, 2.05) is 0 Å². The molecule has 0 aliphatic carbocycles. The fourth-order valence-electron chi connectivity index (χ4n) is 4.27.